The SMILES string of the molecule is O=C(NN=Cc1ccccn1)C(=O)Nc1ccccc1Br. The number of carbonyl (C=O) groups is 2. The molecule has 6 nitrogen and oxygen atoms in total. The molecule has 2 amide bonds. The Morgan fingerprint density at radius 1 is 1.10 bits per heavy atom. The number of rotatable bonds is 3. The average molecular weight is 347 g/mol. The molecule has 106 valence electrons. The molecule has 0 unspecified atom stereocenters. The van der Waals surface area contributed by atoms with Crippen molar-refractivity contribution in [1.29, 1.82) is 0 Å². The molecule has 1 aromatic carbocycles. The van der Waals surface area contributed by atoms with Crippen LogP contribution in [-0.4, -0.2) is 23.0 Å². The van der Waals surface area contributed by atoms with Crippen LogP contribution < -0.4 is 10.7 Å². The van der Waals surface area contributed by atoms with Crippen LogP contribution in [0.15, 0.2) is 58.2 Å². The normalized spacial score (nSPS) is 10.3. The molecule has 1 heterocycles. The summed E-state index contributed by atoms with van der Waals surface area (Å²) in [5.74, 6) is -1.67. The second kappa shape index (κ2) is 7.30. The highest BCUT2D eigenvalue weighted by atomic mass is 79.9. The second-order valence-corrected chi connectivity index (χ2v) is 4.74. The topological polar surface area (TPSA) is 83.5 Å². The summed E-state index contributed by atoms with van der Waals surface area (Å²) in [6.07, 6.45) is 2.95. The molecule has 0 saturated carbocycles. The number of nitrogens with zero attached hydrogens (tertiary/aromatic N) is 2. The van der Waals surface area contributed by atoms with E-state index in [0.29, 0.717) is 15.9 Å². The quantitative estimate of drug-likeness (QED) is 0.506. The molecule has 0 aliphatic heterocycles. The zero-order chi connectivity index (χ0) is 15.1. The fraction of sp³-hybridized carbons (Fsp3) is 0. The van der Waals surface area contributed by atoms with Crippen molar-refractivity contribution in [3.63, 3.8) is 0 Å². The van der Waals surface area contributed by atoms with E-state index in [9.17, 15) is 9.59 Å². The number of para-hydroxylation sites is 1. The van der Waals surface area contributed by atoms with Crippen molar-refractivity contribution in [1.82, 2.24) is 10.4 Å². The molecule has 0 radical (unpaired) electrons. The van der Waals surface area contributed by atoms with E-state index in [0.717, 1.165) is 0 Å². The van der Waals surface area contributed by atoms with Gasteiger partial charge in [-0.25, -0.2) is 5.43 Å². The van der Waals surface area contributed by atoms with E-state index in [-0.39, 0.29) is 0 Å². The Labute approximate surface area is 129 Å². The summed E-state index contributed by atoms with van der Waals surface area (Å²) in [4.78, 5) is 27.2. The Hall–Kier alpha value is -2.54. The number of anilines is 1. The van der Waals surface area contributed by atoms with Gasteiger partial charge in [0.15, 0.2) is 0 Å². The minimum absolute atomic E-state index is 0.506. The van der Waals surface area contributed by atoms with Crippen LogP contribution in [-0.2, 0) is 9.59 Å². The van der Waals surface area contributed by atoms with E-state index in [1.807, 2.05) is 0 Å². The predicted molar refractivity (Wildman–Crippen MR) is 82.7 cm³/mol. The van der Waals surface area contributed by atoms with Crippen LogP contribution in [0.2, 0.25) is 0 Å². The molecule has 7 heteroatoms. The lowest BCUT2D eigenvalue weighted by Gasteiger charge is -2.05. The molecular weight excluding hydrogens is 336 g/mol. The minimum Gasteiger partial charge on any atom is -0.317 e. The summed E-state index contributed by atoms with van der Waals surface area (Å²) in [5, 5.41) is 6.14. The van der Waals surface area contributed by atoms with Crippen molar-refractivity contribution in [2.75, 3.05) is 5.32 Å². The number of hydrogen-bond donors (Lipinski definition) is 2. The van der Waals surface area contributed by atoms with E-state index >= 15 is 0 Å². The maximum atomic E-state index is 11.7. The molecule has 0 aliphatic rings. The number of halogens is 1. The van der Waals surface area contributed by atoms with Crippen LogP contribution in [0.5, 0.6) is 0 Å². The summed E-state index contributed by atoms with van der Waals surface area (Å²) in [5.41, 5.74) is 3.21. The van der Waals surface area contributed by atoms with Gasteiger partial charge in [0.25, 0.3) is 0 Å². The first kappa shape index (κ1) is 14.9. The van der Waals surface area contributed by atoms with Gasteiger partial charge in [0, 0.05) is 10.7 Å². The molecule has 2 aromatic rings. The number of pyridine rings is 1. The lowest BCUT2D eigenvalue weighted by Crippen LogP contribution is -2.32. The largest absolute Gasteiger partial charge is 0.329 e. The third-order valence-corrected chi connectivity index (χ3v) is 3.07. The van der Waals surface area contributed by atoms with Gasteiger partial charge in [0.1, 0.15) is 0 Å². The number of hydrogen-bond acceptors (Lipinski definition) is 4. The van der Waals surface area contributed by atoms with Crippen molar-refractivity contribution in [2.45, 2.75) is 0 Å². The van der Waals surface area contributed by atoms with Gasteiger partial charge in [-0.3, -0.25) is 14.6 Å². The molecule has 0 fully saturated rings. The van der Waals surface area contributed by atoms with Gasteiger partial charge in [-0.05, 0) is 40.2 Å². The van der Waals surface area contributed by atoms with Crippen LogP contribution in [0.4, 0.5) is 5.69 Å². The first-order chi connectivity index (χ1) is 10.2. The fourth-order valence-corrected chi connectivity index (χ4v) is 1.79. The molecule has 0 spiro atoms. The lowest BCUT2D eigenvalue weighted by atomic mass is 10.3. The van der Waals surface area contributed by atoms with E-state index in [4.69, 9.17) is 0 Å². The maximum Gasteiger partial charge on any atom is 0.329 e. The van der Waals surface area contributed by atoms with Crippen LogP contribution in [0.25, 0.3) is 0 Å². The number of benzene rings is 1. The van der Waals surface area contributed by atoms with E-state index in [1.165, 1.54) is 6.21 Å². The third kappa shape index (κ3) is 4.50. The van der Waals surface area contributed by atoms with Crippen molar-refractivity contribution in [3.8, 4) is 0 Å². The monoisotopic (exact) mass is 346 g/mol. The summed E-state index contributed by atoms with van der Waals surface area (Å²) in [6, 6.07) is 12.3. The van der Waals surface area contributed by atoms with E-state index in [2.05, 4.69) is 36.8 Å². The summed E-state index contributed by atoms with van der Waals surface area (Å²) in [6.45, 7) is 0. The molecule has 0 aliphatic carbocycles. The highest BCUT2D eigenvalue weighted by Crippen LogP contribution is 2.20. The van der Waals surface area contributed by atoms with E-state index < -0.39 is 11.8 Å². The molecular formula is C14H11BrN4O2. The van der Waals surface area contributed by atoms with Crippen molar-refractivity contribution >= 4 is 39.6 Å². The smallest absolute Gasteiger partial charge is 0.317 e. The molecule has 2 rings (SSSR count). The zero-order valence-electron chi connectivity index (χ0n) is 10.8. The third-order valence-electron chi connectivity index (χ3n) is 2.38. The number of amides is 2. The second-order valence-electron chi connectivity index (χ2n) is 3.89. The summed E-state index contributed by atoms with van der Waals surface area (Å²) < 4.78 is 0.683. The van der Waals surface area contributed by atoms with Gasteiger partial charge >= 0.3 is 11.8 Å². The fourth-order valence-electron chi connectivity index (χ4n) is 1.40. The molecule has 1 aromatic heterocycles. The van der Waals surface area contributed by atoms with Crippen molar-refractivity contribution in [2.24, 2.45) is 5.10 Å². The molecule has 21 heavy (non-hydrogen) atoms. The van der Waals surface area contributed by atoms with Gasteiger partial charge in [0.2, 0.25) is 0 Å². The van der Waals surface area contributed by atoms with Crippen LogP contribution in [0.3, 0.4) is 0 Å². The van der Waals surface area contributed by atoms with E-state index in [1.54, 1.807) is 48.7 Å². The van der Waals surface area contributed by atoms with Crippen LogP contribution >= 0.6 is 15.9 Å². The summed E-state index contributed by atoms with van der Waals surface area (Å²) >= 11 is 3.27. The lowest BCUT2D eigenvalue weighted by molar-refractivity contribution is -0.136. The van der Waals surface area contributed by atoms with Gasteiger partial charge in [0.05, 0.1) is 17.6 Å². The maximum absolute atomic E-state index is 11.7. The highest BCUT2D eigenvalue weighted by molar-refractivity contribution is 9.10. The van der Waals surface area contributed by atoms with Gasteiger partial charge in [-0.1, -0.05) is 18.2 Å². The Morgan fingerprint density at radius 3 is 2.57 bits per heavy atom. The minimum atomic E-state index is -0.863. The number of hydrazone groups is 1. The first-order valence-electron chi connectivity index (χ1n) is 5.97. The van der Waals surface area contributed by atoms with Crippen molar-refractivity contribution in [3.05, 3.63) is 58.8 Å². The first-order valence-corrected chi connectivity index (χ1v) is 6.76. The highest BCUT2D eigenvalue weighted by Gasteiger charge is 2.13. The standard InChI is InChI=1S/C14H11BrN4O2/c15-11-6-1-2-7-12(11)18-13(20)14(21)19-17-9-10-5-3-4-8-16-10/h1-9H,(H,18,20)(H,19,21). The summed E-state index contributed by atoms with van der Waals surface area (Å²) in [7, 11) is 0. The van der Waals surface area contributed by atoms with Gasteiger partial charge in [-0.2, -0.15) is 5.10 Å². The Morgan fingerprint density at radius 2 is 1.86 bits per heavy atom. The van der Waals surface area contributed by atoms with Gasteiger partial charge < -0.3 is 5.32 Å². The van der Waals surface area contributed by atoms with Gasteiger partial charge in [-0.15, -0.1) is 0 Å². The Balaban J connectivity index is 1.90. The average Bonchev–Trinajstić information content (AvgIpc) is 2.50. The molecule has 2 N–H and O–H groups in total. The number of carbonyl (C=O) groups excluding carboxylic acids is 2. The molecule has 0 atom stereocenters. The Bertz CT molecular complexity index is 674. The molecule has 0 saturated heterocycles. The van der Waals surface area contributed by atoms with Crippen LogP contribution in [0.1, 0.15) is 5.69 Å². The van der Waals surface area contributed by atoms with Crippen molar-refractivity contribution < 1.29 is 9.59 Å². The Kier molecular flexibility index (Phi) is 5.16. The number of aromatic nitrogens is 1. The molecule has 0 bridgehead atoms. The zero-order valence-corrected chi connectivity index (χ0v) is 12.4. The van der Waals surface area contributed by atoms with Crippen LogP contribution in [0, 0.1) is 0 Å². The number of nitrogens with one attached hydrogen (secondary N) is 2. The predicted octanol–water partition coefficient (Wildman–Crippen LogP) is 1.93.